The monoisotopic (exact) mass is 355 g/mol. The lowest BCUT2D eigenvalue weighted by Crippen LogP contribution is -2.49. The van der Waals surface area contributed by atoms with Gasteiger partial charge in [-0.25, -0.2) is 9.97 Å². The van der Waals surface area contributed by atoms with E-state index in [1.54, 1.807) is 10.6 Å². The summed E-state index contributed by atoms with van der Waals surface area (Å²) in [5.41, 5.74) is 2.02. The summed E-state index contributed by atoms with van der Waals surface area (Å²) >= 11 is 0. The summed E-state index contributed by atoms with van der Waals surface area (Å²) < 4.78 is 34.0. The van der Waals surface area contributed by atoms with Crippen LogP contribution in [0.2, 0.25) is 0 Å². The van der Waals surface area contributed by atoms with Gasteiger partial charge in [0.25, 0.3) is 10.2 Å². The standard InChI is InChI=1S/C15H25N5O3S/c1-13-14(2)16-12-17-15(13)18-4-3-5-19(7-6-18)24(21,22)20-8-10-23-11-9-20/h12H,3-11H2,1-2H3. The lowest BCUT2D eigenvalue weighted by Gasteiger charge is -2.31. The fourth-order valence-electron chi connectivity index (χ4n) is 3.12. The van der Waals surface area contributed by atoms with Gasteiger partial charge in [-0.3, -0.25) is 0 Å². The molecule has 1 aromatic rings. The van der Waals surface area contributed by atoms with Crippen molar-refractivity contribution >= 4 is 16.0 Å². The van der Waals surface area contributed by atoms with Crippen LogP contribution in [0.15, 0.2) is 6.33 Å². The van der Waals surface area contributed by atoms with Crippen molar-refractivity contribution in [3.8, 4) is 0 Å². The lowest BCUT2D eigenvalue weighted by atomic mass is 10.2. The summed E-state index contributed by atoms with van der Waals surface area (Å²) in [6.07, 6.45) is 2.36. The van der Waals surface area contributed by atoms with Gasteiger partial charge in [-0.05, 0) is 20.3 Å². The third-order valence-corrected chi connectivity index (χ3v) is 6.72. The number of aryl methyl sites for hydroxylation is 1. The fourth-order valence-corrected chi connectivity index (χ4v) is 4.73. The van der Waals surface area contributed by atoms with Crippen LogP contribution in [0.25, 0.3) is 0 Å². The van der Waals surface area contributed by atoms with Crippen LogP contribution >= 0.6 is 0 Å². The molecular formula is C15H25N5O3S. The molecule has 2 fully saturated rings. The van der Waals surface area contributed by atoms with E-state index in [9.17, 15) is 8.42 Å². The van der Waals surface area contributed by atoms with Crippen molar-refractivity contribution in [2.45, 2.75) is 20.3 Å². The Morgan fingerprint density at radius 1 is 0.958 bits per heavy atom. The van der Waals surface area contributed by atoms with Crippen molar-refractivity contribution in [2.24, 2.45) is 0 Å². The van der Waals surface area contributed by atoms with Gasteiger partial charge in [0, 0.05) is 50.5 Å². The van der Waals surface area contributed by atoms with Crippen LogP contribution in [0.4, 0.5) is 5.82 Å². The Morgan fingerprint density at radius 2 is 1.67 bits per heavy atom. The average molecular weight is 355 g/mol. The normalized spacial score (nSPS) is 21.7. The van der Waals surface area contributed by atoms with E-state index in [1.165, 1.54) is 4.31 Å². The highest BCUT2D eigenvalue weighted by molar-refractivity contribution is 7.86. The van der Waals surface area contributed by atoms with Crippen molar-refractivity contribution in [2.75, 3.05) is 57.4 Å². The third kappa shape index (κ3) is 3.53. The number of hydrogen-bond donors (Lipinski definition) is 0. The zero-order valence-corrected chi connectivity index (χ0v) is 15.1. The lowest BCUT2D eigenvalue weighted by molar-refractivity contribution is 0.0703. The minimum Gasteiger partial charge on any atom is -0.379 e. The largest absolute Gasteiger partial charge is 0.379 e. The van der Waals surface area contributed by atoms with Gasteiger partial charge in [0.15, 0.2) is 0 Å². The van der Waals surface area contributed by atoms with Crippen LogP contribution < -0.4 is 4.90 Å². The van der Waals surface area contributed by atoms with Crippen LogP contribution in [-0.4, -0.2) is 79.5 Å². The third-order valence-electron chi connectivity index (χ3n) is 4.69. The van der Waals surface area contributed by atoms with E-state index in [0.29, 0.717) is 45.9 Å². The van der Waals surface area contributed by atoms with Crippen molar-refractivity contribution in [3.05, 3.63) is 17.6 Å². The molecule has 8 nitrogen and oxygen atoms in total. The summed E-state index contributed by atoms with van der Waals surface area (Å²) in [7, 11) is -3.41. The molecule has 0 saturated carbocycles. The van der Waals surface area contributed by atoms with Crippen LogP contribution in [0, 0.1) is 13.8 Å². The highest BCUT2D eigenvalue weighted by Crippen LogP contribution is 2.21. The predicted molar refractivity (Wildman–Crippen MR) is 91.2 cm³/mol. The van der Waals surface area contributed by atoms with E-state index < -0.39 is 10.2 Å². The fraction of sp³-hybridized carbons (Fsp3) is 0.733. The average Bonchev–Trinajstić information content (AvgIpc) is 2.85. The molecule has 1 aromatic heterocycles. The van der Waals surface area contributed by atoms with Gasteiger partial charge in [-0.2, -0.15) is 17.0 Å². The molecule has 0 unspecified atom stereocenters. The molecule has 2 saturated heterocycles. The van der Waals surface area contributed by atoms with Crippen LogP contribution in [0.1, 0.15) is 17.7 Å². The van der Waals surface area contributed by atoms with Crippen LogP contribution in [0.5, 0.6) is 0 Å². The Kier molecular flexibility index (Phi) is 5.33. The number of nitrogens with zero attached hydrogens (tertiary/aromatic N) is 5. The molecule has 0 N–H and O–H groups in total. The Morgan fingerprint density at radius 3 is 2.42 bits per heavy atom. The molecule has 3 rings (SSSR count). The van der Waals surface area contributed by atoms with Gasteiger partial charge < -0.3 is 9.64 Å². The van der Waals surface area contributed by atoms with E-state index in [2.05, 4.69) is 14.9 Å². The molecule has 0 bridgehead atoms. The highest BCUT2D eigenvalue weighted by atomic mass is 32.2. The van der Waals surface area contributed by atoms with E-state index in [0.717, 1.165) is 30.0 Å². The SMILES string of the molecule is Cc1ncnc(N2CCCN(S(=O)(=O)N3CCOCC3)CC2)c1C. The molecule has 0 atom stereocenters. The summed E-state index contributed by atoms with van der Waals surface area (Å²) in [6.45, 7) is 8.25. The van der Waals surface area contributed by atoms with E-state index in [1.807, 2.05) is 13.8 Å². The maximum absolute atomic E-state index is 12.8. The Balaban J connectivity index is 1.72. The van der Waals surface area contributed by atoms with Crippen LogP contribution in [0.3, 0.4) is 0 Å². The number of morpholine rings is 1. The molecule has 2 aliphatic heterocycles. The zero-order chi connectivity index (χ0) is 17.2. The topological polar surface area (TPSA) is 78.9 Å². The molecule has 134 valence electrons. The maximum atomic E-state index is 12.8. The molecule has 2 aliphatic rings. The maximum Gasteiger partial charge on any atom is 0.282 e. The first-order valence-corrected chi connectivity index (χ1v) is 9.76. The van der Waals surface area contributed by atoms with Gasteiger partial charge in [-0.15, -0.1) is 0 Å². The number of rotatable bonds is 3. The Hall–Kier alpha value is -1.29. The summed E-state index contributed by atoms with van der Waals surface area (Å²) in [6, 6.07) is 0. The Labute approximate surface area is 143 Å². The van der Waals surface area contributed by atoms with Gasteiger partial charge in [0.2, 0.25) is 0 Å². The quantitative estimate of drug-likeness (QED) is 0.770. The first-order chi connectivity index (χ1) is 11.5. The van der Waals surface area contributed by atoms with Crippen molar-refractivity contribution in [1.82, 2.24) is 18.6 Å². The van der Waals surface area contributed by atoms with E-state index in [-0.39, 0.29) is 0 Å². The minimum absolute atomic E-state index is 0.437. The molecule has 0 aromatic carbocycles. The number of anilines is 1. The number of ether oxygens (including phenoxy) is 1. The van der Waals surface area contributed by atoms with Crippen molar-refractivity contribution < 1.29 is 13.2 Å². The minimum atomic E-state index is -3.41. The number of hydrogen-bond acceptors (Lipinski definition) is 6. The van der Waals surface area contributed by atoms with E-state index in [4.69, 9.17) is 4.74 Å². The van der Waals surface area contributed by atoms with E-state index >= 15 is 0 Å². The molecule has 24 heavy (non-hydrogen) atoms. The van der Waals surface area contributed by atoms with Gasteiger partial charge in [-0.1, -0.05) is 0 Å². The second-order valence-electron chi connectivity index (χ2n) is 6.17. The van der Waals surface area contributed by atoms with Gasteiger partial charge >= 0.3 is 0 Å². The second-order valence-corrected chi connectivity index (χ2v) is 8.09. The molecule has 0 radical (unpaired) electrons. The molecule has 0 spiro atoms. The first-order valence-electron chi connectivity index (χ1n) is 8.36. The van der Waals surface area contributed by atoms with Crippen LogP contribution in [-0.2, 0) is 14.9 Å². The molecular weight excluding hydrogens is 330 g/mol. The predicted octanol–water partition coefficient (Wildman–Crippen LogP) is 0.183. The molecule has 9 heteroatoms. The zero-order valence-electron chi connectivity index (χ0n) is 14.3. The molecule has 0 amide bonds. The molecule has 0 aliphatic carbocycles. The Bertz CT molecular complexity index is 676. The highest BCUT2D eigenvalue weighted by Gasteiger charge is 2.32. The second kappa shape index (κ2) is 7.30. The van der Waals surface area contributed by atoms with Crippen molar-refractivity contribution in [3.63, 3.8) is 0 Å². The molecule has 3 heterocycles. The summed E-state index contributed by atoms with van der Waals surface area (Å²) in [5.74, 6) is 0.910. The summed E-state index contributed by atoms with van der Waals surface area (Å²) in [5, 5.41) is 0. The summed E-state index contributed by atoms with van der Waals surface area (Å²) in [4.78, 5) is 10.8. The smallest absolute Gasteiger partial charge is 0.282 e. The van der Waals surface area contributed by atoms with Gasteiger partial charge in [0.1, 0.15) is 12.1 Å². The number of aromatic nitrogens is 2. The first kappa shape index (κ1) is 17.5. The van der Waals surface area contributed by atoms with Crippen molar-refractivity contribution in [1.29, 1.82) is 0 Å². The van der Waals surface area contributed by atoms with Gasteiger partial charge in [0.05, 0.1) is 13.2 Å².